The summed E-state index contributed by atoms with van der Waals surface area (Å²) >= 11 is -0.806. The van der Waals surface area contributed by atoms with E-state index in [0.29, 0.717) is 0 Å². The molecular formula is C14H19Ru. The quantitative estimate of drug-likeness (QED) is 0.653. The molecule has 0 nitrogen and oxygen atoms in total. The van der Waals surface area contributed by atoms with Crippen LogP contribution in [0, 0.1) is 0 Å². The molecule has 0 saturated carbocycles. The molecule has 0 radical (unpaired) electrons. The van der Waals surface area contributed by atoms with E-state index < -0.39 is 16.0 Å². The molecule has 83 valence electrons. The van der Waals surface area contributed by atoms with Gasteiger partial charge in [0.2, 0.25) is 0 Å². The Morgan fingerprint density at radius 2 is 1.67 bits per heavy atom. The molecule has 1 heteroatoms. The third-order valence-corrected chi connectivity index (χ3v) is 8.10. The van der Waals surface area contributed by atoms with Crippen molar-refractivity contribution in [3.63, 3.8) is 0 Å². The van der Waals surface area contributed by atoms with Crippen LogP contribution < -0.4 is 0 Å². The molecule has 15 heavy (non-hydrogen) atoms. The molecule has 2 rings (SSSR count). The first-order chi connectivity index (χ1) is 7.42. The Morgan fingerprint density at radius 1 is 1.07 bits per heavy atom. The van der Waals surface area contributed by atoms with Crippen molar-refractivity contribution in [3.05, 3.63) is 44.8 Å². The van der Waals surface area contributed by atoms with Crippen LogP contribution in [0.3, 0.4) is 0 Å². The van der Waals surface area contributed by atoms with Crippen LogP contribution >= 0.6 is 0 Å². The fourth-order valence-electron chi connectivity index (χ4n) is 1.77. The maximum atomic E-state index is 2.38. The summed E-state index contributed by atoms with van der Waals surface area (Å²) in [6, 6.07) is 0. The molecular weight excluding hydrogens is 269 g/mol. The second kappa shape index (κ2) is 5.61. The van der Waals surface area contributed by atoms with E-state index in [2.05, 4.69) is 43.4 Å². The summed E-state index contributed by atoms with van der Waals surface area (Å²) in [6.45, 7) is 2.30. The number of hydrogen-bond donors (Lipinski definition) is 0. The molecule has 0 unspecified atom stereocenters. The average Bonchev–Trinajstić information content (AvgIpc) is 2.90. The van der Waals surface area contributed by atoms with Crippen LogP contribution in [-0.2, 0) is 16.0 Å². The van der Waals surface area contributed by atoms with Crippen molar-refractivity contribution in [1.82, 2.24) is 0 Å². The predicted octanol–water partition coefficient (Wildman–Crippen LogP) is 4.51. The van der Waals surface area contributed by atoms with Gasteiger partial charge in [-0.05, 0) is 0 Å². The van der Waals surface area contributed by atoms with Crippen molar-refractivity contribution >= 4 is 0 Å². The Morgan fingerprint density at radius 3 is 2.07 bits per heavy atom. The summed E-state index contributed by atoms with van der Waals surface area (Å²) in [5.41, 5.74) is 0. The van der Waals surface area contributed by atoms with Gasteiger partial charge in [0, 0.05) is 0 Å². The molecule has 2 aliphatic carbocycles. The van der Waals surface area contributed by atoms with Gasteiger partial charge in [0.1, 0.15) is 0 Å². The van der Waals surface area contributed by atoms with Crippen LogP contribution in [0.25, 0.3) is 0 Å². The van der Waals surface area contributed by atoms with E-state index in [1.807, 2.05) is 0 Å². The summed E-state index contributed by atoms with van der Waals surface area (Å²) in [5.74, 6) is 0. The van der Waals surface area contributed by atoms with Crippen LogP contribution in [-0.4, -0.2) is 0 Å². The van der Waals surface area contributed by atoms with E-state index in [9.17, 15) is 0 Å². The normalized spacial score (nSPS) is 19.4. The van der Waals surface area contributed by atoms with Gasteiger partial charge in [0.15, 0.2) is 0 Å². The first-order valence-electron chi connectivity index (χ1n) is 5.74. The van der Waals surface area contributed by atoms with Crippen molar-refractivity contribution in [3.8, 4) is 0 Å². The van der Waals surface area contributed by atoms with Gasteiger partial charge in [-0.25, -0.2) is 0 Å². The first kappa shape index (κ1) is 11.1. The molecule has 0 fully saturated rings. The number of allylic oxidation sites excluding steroid dienone is 8. The standard InChI is InChI=1S/2C5H5.C4H9.Ru/c2*1-2-4-5-3-1;1-3-4-2;/h2*1-3H,4H2;1,3-4H2,2H3;. The van der Waals surface area contributed by atoms with E-state index >= 15 is 0 Å². The number of rotatable bonds is 5. The first-order valence-corrected chi connectivity index (χ1v) is 8.71. The average molecular weight is 288 g/mol. The minimum atomic E-state index is -0.806. The monoisotopic (exact) mass is 289 g/mol. The predicted molar refractivity (Wildman–Crippen MR) is 63.4 cm³/mol. The summed E-state index contributed by atoms with van der Waals surface area (Å²) in [5, 5.41) is 1.47. The molecule has 0 N–H and O–H groups in total. The van der Waals surface area contributed by atoms with E-state index in [1.165, 1.54) is 30.7 Å². The van der Waals surface area contributed by atoms with E-state index in [1.54, 1.807) is 8.33 Å². The van der Waals surface area contributed by atoms with Crippen LogP contribution in [0.2, 0.25) is 5.02 Å². The van der Waals surface area contributed by atoms with Gasteiger partial charge >= 0.3 is 98.4 Å². The number of unbranched alkanes of at least 4 members (excludes halogenated alkanes) is 1. The SMILES string of the molecule is CCC[CH2][Ru]([C]1=CC=CC1)[C]1=CC=CC1. The van der Waals surface area contributed by atoms with Crippen molar-refractivity contribution < 1.29 is 16.0 Å². The van der Waals surface area contributed by atoms with Crippen molar-refractivity contribution in [1.29, 1.82) is 0 Å². The molecule has 0 saturated heterocycles. The summed E-state index contributed by atoms with van der Waals surface area (Å²) in [7, 11) is 0. The molecule has 0 aromatic heterocycles. The van der Waals surface area contributed by atoms with Crippen molar-refractivity contribution in [2.45, 2.75) is 37.6 Å². The van der Waals surface area contributed by atoms with Gasteiger partial charge in [0.05, 0.1) is 0 Å². The molecule has 0 aromatic rings. The van der Waals surface area contributed by atoms with Gasteiger partial charge in [-0.2, -0.15) is 0 Å². The third-order valence-electron chi connectivity index (χ3n) is 2.64. The Kier molecular flexibility index (Phi) is 4.14. The van der Waals surface area contributed by atoms with Crippen LogP contribution in [0.5, 0.6) is 0 Å². The molecule has 2 aliphatic rings. The molecule has 0 bridgehead atoms. The molecule has 0 aromatic carbocycles. The van der Waals surface area contributed by atoms with Crippen LogP contribution in [0.15, 0.2) is 44.8 Å². The van der Waals surface area contributed by atoms with Gasteiger partial charge in [-0.15, -0.1) is 0 Å². The number of hydrogen-bond acceptors (Lipinski definition) is 0. The second-order valence-corrected chi connectivity index (χ2v) is 8.59. The topological polar surface area (TPSA) is 0 Å². The Balaban J connectivity index is 2.02. The zero-order valence-electron chi connectivity index (χ0n) is 9.35. The Hall–Kier alpha value is -0.417. The van der Waals surface area contributed by atoms with Gasteiger partial charge in [-0.3, -0.25) is 0 Å². The van der Waals surface area contributed by atoms with Crippen molar-refractivity contribution in [2.24, 2.45) is 0 Å². The molecule has 0 spiro atoms. The van der Waals surface area contributed by atoms with Crippen molar-refractivity contribution in [2.75, 3.05) is 0 Å². The van der Waals surface area contributed by atoms with Crippen LogP contribution in [0.4, 0.5) is 0 Å². The van der Waals surface area contributed by atoms with Gasteiger partial charge < -0.3 is 0 Å². The Bertz CT molecular complexity index is 301. The molecule has 0 atom stereocenters. The minimum absolute atomic E-state index is 0.806. The van der Waals surface area contributed by atoms with E-state index in [4.69, 9.17) is 0 Å². The maximum absolute atomic E-state index is 2.38. The zero-order chi connectivity index (χ0) is 10.5. The second-order valence-electron chi connectivity index (χ2n) is 3.83. The summed E-state index contributed by atoms with van der Waals surface area (Å²) < 4.78 is 3.53. The molecule has 0 heterocycles. The van der Waals surface area contributed by atoms with E-state index in [0.717, 1.165) is 0 Å². The summed E-state index contributed by atoms with van der Waals surface area (Å²) in [4.78, 5) is 0. The zero-order valence-corrected chi connectivity index (χ0v) is 11.1. The third kappa shape index (κ3) is 2.78. The van der Waals surface area contributed by atoms with Crippen LogP contribution in [0.1, 0.15) is 32.6 Å². The van der Waals surface area contributed by atoms with Gasteiger partial charge in [0.25, 0.3) is 0 Å². The fourth-order valence-corrected chi connectivity index (χ4v) is 7.13. The fraction of sp³-hybridized carbons (Fsp3) is 0.429. The molecule has 0 amide bonds. The molecule has 0 aliphatic heterocycles. The van der Waals surface area contributed by atoms with Gasteiger partial charge in [-0.1, -0.05) is 0 Å². The summed E-state index contributed by atoms with van der Waals surface area (Å²) in [6.07, 6.45) is 19.1. The van der Waals surface area contributed by atoms with E-state index in [-0.39, 0.29) is 0 Å². The Labute approximate surface area is 98.4 Å².